The van der Waals surface area contributed by atoms with Gasteiger partial charge in [-0.3, -0.25) is 9.69 Å². The van der Waals surface area contributed by atoms with Gasteiger partial charge in [0, 0.05) is 55.9 Å². The van der Waals surface area contributed by atoms with Crippen LogP contribution in [-0.4, -0.2) is 68.4 Å². The molecule has 4 aromatic rings. The van der Waals surface area contributed by atoms with Gasteiger partial charge in [-0.25, -0.2) is 0 Å². The number of hydrogen-bond donors (Lipinski definition) is 1. The van der Waals surface area contributed by atoms with Crippen LogP contribution >= 0.6 is 0 Å². The van der Waals surface area contributed by atoms with Gasteiger partial charge in [0.15, 0.2) is 6.29 Å². The van der Waals surface area contributed by atoms with Crippen LogP contribution in [-0.2, 0) is 20.8 Å². The number of carboxylic acids is 1. The Labute approximate surface area is 284 Å². The predicted octanol–water partition coefficient (Wildman–Crippen LogP) is 8.44. The molecule has 1 aliphatic heterocycles. The van der Waals surface area contributed by atoms with Crippen molar-refractivity contribution in [3.05, 3.63) is 78.4 Å². The molecule has 0 saturated carbocycles. The van der Waals surface area contributed by atoms with E-state index in [1.54, 1.807) is 0 Å². The number of fused-ring (bicyclic) bond motifs is 1. The quantitative estimate of drug-likeness (QED) is 0.0784. The van der Waals surface area contributed by atoms with Crippen molar-refractivity contribution in [1.82, 2.24) is 4.90 Å². The minimum atomic E-state index is -0.699. The summed E-state index contributed by atoms with van der Waals surface area (Å²) in [7, 11) is 0. The number of aliphatic carboxylic acids is 1. The smallest absolute Gasteiger partial charge is 0.309 e. The van der Waals surface area contributed by atoms with Crippen LogP contribution in [0.4, 0.5) is 0 Å². The van der Waals surface area contributed by atoms with Gasteiger partial charge in [0.1, 0.15) is 35.2 Å². The molecule has 0 spiro atoms. The maximum Gasteiger partial charge on any atom is 0.309 e. The number of carboxylic acid groups (broad SMARTS) is 1. The molecule has 9 nitrogen and oxygen atoms in total. The van der Waals surface area contributed by atoms with Gasteiger partial charge in [-0.15, -0.1) is 0 Å². The fourth-order valence-electron chi connectivity index (χ4n) is 5.13. The average Bonchev–Trinajstić information content (AvgIpc) is 3.50. The van der Waals surface area contributed by atoms with E-state index in [0.717, 1.165) is 85.0 Å². The summed E-state index contributed by atoms with van der Waals surface area (Å²) in [5, 5.41) is 10.0. The summed E-state index contributed by atoms with van der Waals surface area (Å²) in [6, 6.07) is 23.9. The first-order chi connectivity index (χ1) is 23.4. The normalized spacial score (nSPS) is 13.2. The molecule has 0 bridgehead atoms. The molecule has 1 saturated heterocycles. The van der Waals surface area contributed by atoms with Crippen LogP contribution in [0.2, 0.25) is 0 Å². The molecule has 260 valence electrons. The lowest BCUT2D eigenvalue weighted by molar-refractivity contribution is -0.152. The Morgan fingerprint density at radius 3 is 2.04 bits per heavy atom. The van der Waals surface area contributed by atoms with E-state index in [4.69, 9.17) is 33.2 Å². The molecule has 1 N–H and O–H groups in total. The van der Waals surface area contributed by atoms with E-state index in [1.165, 1.54) is 5.56 Å². The summed E-state index contributed by atoms with van der Waals surface area (Å²) in [5.41, 5.74) is 3.03. The van der Waals surface area contributed by atoms with Gasteiger partial charge < -0.3 is 33.2 Å². The van der Waals surface area contributed by atoms with E-state index >= 15 is 0 Å². The third kappa shape index (κ3) is 11.6. The third-order valence-corrected chi connectivity index (χ3v) is 7.87. The highest BCUT2D eigenvalue weighted by Crippen LogP contribution is 2.31. The summed E-state index contributed by atoms with van der Waals surface area (Å²) in [6.07, 6.45) is 4.01. The van der Waals surface area contributed by atoms with E-state index < -0.39 is 5.97 Å². The zero-order valence-electron chi connectivity index (χ0n) is 28.8. The summed E-state index contributed by atoms with van der Waals surface area (Å²) >= 11 is 0. The molecule has 0 atom stereocenters. The monoisotopic (exact) mass is 661 g/mol. The standard InChI is InChI=1S/C23H25NO4.C16H26O4/c1-2-3-10-27-20-9-8-18-11-21(28-22(18)12-20)17-6-4-16(5-7-17)13-24-14-19(15-24)23(25)26;1-4-7-11-19-14-9-8-10-15(12-14)20-13-16(17-5-2)18-6-3/h4-9,11-12,19H,2-3,10,13-15H2,1H3,(H,25,26);8-10,12,16H,4-7,11,13H2,1-3H3. The second-order valence-electron chi connectivity index (χ2n) is 11.8. The van der Waals surface area contributed by atoms with E-state index in [2.05, 4.69) is 43.0 Å². The Balaban J connectivity index is 0.000000231. The largest absolute Gasteiger partial charge is 0.493 e. The molecule has 0 unspecified atom stereocenters. The molecule has 0 aliphatic carbocycles. The van der Waals surface area contributed by atoms with E-state index in [1.807, 2.05) is 62.4 Å². The average molecular weight is 662 g/mol. The first-order valence-electron chi connectivity index (χ1n) is 17.2. The number of ether oxygens (including phenoxy) is 5. The number of rotatable bonds is 19. The molecular weight excluding hydrogens is 610 g/mol. The molecule has 48 heavy (non-hydrogen) atoms. The highest BCUT2D eigenvalue weighted by molar-refractivity contribution is 5.84. The number of unbranched alkanes of at least 4 members (excludes halogenated alkanes) is 2. The Morgan fingerprint density at radius 2 is 1.44 bits per heavy atom. The molecule has 1 aromatic heterocycles. The summed E-state index contributed by atoms with van der Waals surface area (Å²) in [4.78, 5) is 13.0. The SMILES string of the molecule is CCCCOc1ccc2cc(-c3ccc(CN4CC(C(=O)O)C4)cc3)oc2c1.CCCCOc1cccc(OCC(OCC)OCC)c1. The number of benzene rings is 3. The number of hydrogen-bond acceptors (Lipinski definition) is 8. The van der Waals surface area contributed by atoms with Gasteiger partial charge in [0.25, 0.3) is 0 Å². The lowest BCUT2D eigenvalue weighted by Gasteiger charge is -2.36. The maximum atomic E-state index is 10.9. The first-order valence-corrected chi connectivity index (χ1v) is 17.2. The fourth-order valence-corrected chi connectivity index (χ4v) is 5.13. The zero-order chi connectivity index (χ0) is 34.1. The van der Waals surface area contributed by atoms with Crippen LogP contribution in [0.15, 0.2) is 77.2 Å². The Morgan fingerprint density at radius 1 is 0.812 bits per heavy atom. The lowest BCUT2D eigenvalue weighted by atomic mass is 9.99. The summed E-state index contributed by atoms with van der Waals surface area (Å²) in [6.45, 7) is 13.2. The minimum Gasteiger partial charge on any atom is -0.493 e. The van der Waals surface area contributed by atoms with Crippen LogP contribution in [0.3, 0.4) is 0 Å². The minimum absolute atomic E-state index is 0.217. The third-order valence-electron chi connectivity index (χ3n) is 7.87. The molecule has 2 heterocycles. The Bertz CT molecular complexity index is 1510. The van der Waals surface area contributed by atoms with Crippen molar-refractivity contribution in [2.24, 2.45) is 5.92 Å². The topological polar surface area (TPSA) is 99.8 Å². The molecule has 1 fully saturated rings. The van der Waals surface area contributed by atoms with Gasteiger partial charge in [-0.05, 0) is 62.6 Å². The Hall–Kier alpha value is -4.05. The van der Waals surface area contributed by atoms with Crippen LogP contribution < -0.4 is 14.2 Å². The first kappa shape index (κ1) is 36.8. The molecular formula is C39H51NO8. The highest BCUT2D eigenvalue weighted by Gasteiger charge is 2.32. The van der Waals surface area contributed by atoms with Crippen LogP contribution in [0.25, 0.3) is 22.3 Å². The van der Waals surface area contributed by atoms with Crippen molar-refractivity contribution in [3.63, 3.8) is 0 Å². The van der Waals surface area contributed by atoms with Gasteiger partial charge >= 0.3 is 5.97 Å². The Kier molecular flexibility index (Phi) is 15.1. The van der Waals surface area contributed by atoms with E-state index in [-0.39, 0.29) is 12.2 Å². The van der Waals surface area contributed by atoms with Gasteiger partial charge in [0.2, 0.25) is 0 Å². The highest BCUT2D eigenvalue weighted by atomic mass is 16.7. The van der Waals surface area contributed by atoms with E-state index in [9.17, 15) is 4.79 Å². The second-order valence-corrected chi connectivity index (χ2v) is 11.8. The predicted molar refractivity (Wildman–Crippen MR) is 188 cm³/mol. The maximum absolute atomic E-state index is 10.9. The van der Waals surface area contributed by atoms with Crippen LogP contribution in [0.5, 0.6) is 17.2 Å². The number of furan rings is 1. The van der Waals surface area contributed by atoms with Crippen molar-refractivity contribution in [2.75, 3.05) is 46.1 Å². The van der Waals surface area contributed by atoms with Crippen molar-refractivity contribution in [3.8, 4) is 28.6 Å². The summed E-state index contributed by atoms with van der Waals surface area (Å²) < 4.78 is 34.0. The molecule has 1 aliphatic rings. The zero-order valence-corrected chi connectivity index (χ0v) is 28.8. The fraction of sp³-hybridized carbons (Fsp3) is 0.462. The van der Waals surface area contributed by atoms with Gasteiger partial charge in [-0.1, -0.05) is 57.0 Å². The van der Waals surface area contributed by atoms with Crippen LogP contribution in [0.1, 0.15) is 58.9 Å². The number of carbonyl (C=O) groups is 1. The van der Waals surface area contributed by atoms with Crippen molar-refractivity contribution >= 4 is 16.9 Å². The van der Waals surface area contributed by atoms with Gasteiger partial charge in [-0.2, -0.15) is 0 Å². The number of nitrogens with zero attached hydrogens (tertiary/aromatic N) is 1. The van der Waals surface area contributed by atoms with E-state index in [0.29, 0.717) is 32.9 Å². The molecule has 0 radical (unpaired) electrons. The lowest BCUT2D eigenvalue weighted by Crippen LogP contribution is -2.49. The van der Waals surface area contributed by atoms with Crippen molar-refractivity contribution in [1.29, 1.82) is 0 Å². The van der Waals surface area contributed by atoms with Crippen LogP contribution in [0, 0.1) is 5.92 Å². The number of likely N-dealkylation sites (tertiary alicyclic amines) is 1. The molecule has 3 aromatic carbocycles. The molecule has 5 rings (SSSR count). The van der Waals surface area contributed by atoms with Crippen molar-refractivity contribution in [2.45, 2.75) is 66.2 Å². The van der Waals surface area contributed by atoms with Crippen molar-refractivity contribution < 1.29 is 38.0 Å². The summed E-state index contributed by atoms with van der Waals surface area (Å²) in [5.74, 6) is 2.36. The molecule has 9 heteroatoms. The second kappa shape index (κ2) is 19.7. The molecule has 0 amide bonds. The van der Waals surface area contributed by atoms with Gasteiger partial charge in [0.05, 0.1) is 19.1 Å².